The molecule has 30 heavy (non-hydrogen) atoms. The second-order valence-electron chi connectivity index (χ2n) is 7.24. The molecule has 8 heteroatoms. The molecule has 2 saturated heterocycles. The second-order valence-corrected chi connectivity index (χ2v) is 7.24. The number of nitrogens with one attached hydrogen (secondary N) is 1. The van der Waals surface area contributed by atoms with Gasteiger partial charge in [0.25, 0.3) is 0 Å². The molecule has 0 aliphatic carbocycles. The summed E-state index contributed by atoms with van der Waals surface area (Å²) in [7, 11) is 0. The van der Waals surface area contributed by atoms with Gasteiger partial charge in [0.15, 0.2) is 12.1 Å². The Bertz CT molecular complexity index is 849. The van der Waals surface area contributed by atoms with Gasteiger partial charge >= 0.3 is 0 Å². The quantitative estimate of drug-likeness (QED) is 0.528. The zero-order valence-electron chi connectivity index (χ0n) is 17.3. The predicted octanol–water partition coefficient (Wildman–Crippen LogP) is 2.81. The number of benzene rings is 1. The molecule has 0 radical (unpaired) electrons. The van der Waals surface area contributed by atoms with Crippen molar-refractivity contribution in [3.63, 3.8) is 0 Å². The van der Waals surface area contributed by atoms with Crippen LogP contribution in [-0.4, -0.2) is 63.6 Å². The average molecular weight is 412 g/mol. The second kappa shape index (κ2) is 10.4. The Kier molecular flexibility index (Phi) is 7.12. The molecular weight excluding hydrogens is 384 g/mol. The SMILES string of the molecule is Cc1cccc(C=NNc2cc(N3CCOCC3)cc(OCCC3OCCO3)n2)c1. The van der Waals surface area contributed by atoms with Gasteiger partial charge in [-0.2, -0.15) is 10.1 Å². The molecule has 0 unspecified atom stereocenters. The molecule has 3 heterocycles. The normalized spacial score (nSPS) is 17.6. The Hall–Kier alpha value is -2.68. The van der Waals surface area contributed by atoms with Crippen LogP contribution in [0.3, 0.4) is 0 Å². The van der Waals surface area contributed by atoms with Gasteiger partial charge in [0.05, 0.1) is 39.2 Å². The van der Waals surface area contributed by atoms with E-state index in [1.165, 1.54) is 5.56 Å². The van der Waals surface area contributed by atoms with Crippen LogP contribution < -0.4 is 15.1 Å². The molecular formula is C22H28N4O4. The zero-order valence-corrected chi connectivity index (χ0v) is 17.3. The molecule has 8 nitrogen and oxygen atoms in total. The molecule has 2 aliphatic rings. The molecule has 0 spiro atoms. The van der Waals surface area contributed by atoms with Gasteiger partial charge < -0.3 is 23.8 Å². The molecule has 0 atom stereocenters. The van der Waals surface area contributed by atoms with E-state index in [9.17, 15) is 0 Å². The molecule has 0 saturated carbocycles. The maximum absolute atomic E-state index is 5.90. The number of hydrogen-bond acceptors (Lipinski definition) is 8. The summed E-state index contributed by atoms with van der Waals surface area (Å²) in [6.45, 7) is 6.90. The minimum atomic E-state index is -0.191. The topological polar surface area (TPSA) is 77.4 Å². The first-order valence-corrected chi connectivity index (χ1v) is 10.3. The molecule has 2 aromatic rings. The Balaban J connectivity index is 1.44. The van der Waals surface area contributed by atoms with E-state index in [4.69, 9.17) is 18.9 Å². The third-order valence-corrected chi connectivity index (χ3v) is 4.89. The highest BCUT2D eigenvalue weighted by atomic mass is 16.7. The number of anilines is 2. The predicted molar refractivity (Wildman–Crippen MR) is 115 cm³/mol. The number of ether oxygens (including phenoxy) is 4. The average Bonchev–Trinajstić information content (AvgIpc) is 3.28. The van der Waals surface area contributed by atoms with Crippen molar-refractivity contribution in [1.29, 1.82) is 0 Å². The van der Waals surface area contributed by atoms with Gasteiger partial charge in [0.1, 0.15) is 0 Å². The van der Waals surface area contributed by atoms with E-state index in [0.717, 1.165) is 24.3 Å². The summed E-state index contributed by atoms with van der Waals surface area (Å²) >= 11 is 0. The van der Waals surface area contributed by atoms with Crippen molar-refractivity contribution >= 4 is 17.7 Å². The van der Waals surface area contributed by atoms with E-state index in [2.05, 4.69) is 39.5 Å². The van der Waals surface area contributed by atoms with Crippen LogP contribution in [0.2, 0.25) is 0 Å². The summed E-state index contributed by atoms with van der Waals surface area (Å²) in [5.74, 6) is 1.18. The first-order chi connectivity index (χ1) is 14.8. The van der Waals surface area contributed by atoms with E-state index in [1.807, 2.05) is 24.3 Å². The largest absolute Gasteiger partial charge is 0.477 e. The van der Waals surface area contributed by atoms with Crippen molar-refractivity contribution in [2.75, 3.05) is 56.4 Å². The molecule has 0 bridgehead atoms. The molecule has 2 aliphatic heterocycles. The minimum absolute atomic E-state index is 0.191. The summed E-state index contributed by atoms with van der Waals surface area (Å²) in [5.41, 5.74) is 6.29. The van der Waals surface area contributed by atoms with Crippen molar-refractivity contribution in [1.82, 2.24) is 4.98 Å². The van der Waals surface area contributed by atoms with Gasteiger partial charge in [-0.1, -0.05) is 29.8 Å². The fourth-order valence-corrected chi connectivity index (χ4v) is 3.38. The standard InChI is InChI=1S/C22H28N4O4/c1-17-3-2-4-18(13-17)16-23-25-20-14-19(26-6-9-27-10-7-26)15-21(24-20)28-8-5-22-29-11-12-30-22/h2-4,13-16,22H,5-12H2,1H3,(H,24,25). The van der Waals surface area contributed by atoms with Gasteiger partial charge in [-0.15, -0.1) is 0 Å². The van der Waals surface area contributed by atoms with Gasteiger partial charge in [-0.05, 0) is 12.5 Å². The molecule has 1 aromatic heterocycles. The van der Waals surface area contributed by atoms with Gasteiger partial charge in [-0.3, -0.25) is 5.43 Å². The lowest BCUT2D eigenvalue weighted by atomic mass is 10.2. The van der Waals surface area contributed by atoms with Crippen LogP contribution in [0.4, 0.5) is 11.5 Å². The molecule has 2 fully saturated rings. The molecule has 4 rings (SSSR count). The Morgan fingerprint density at radius 2 is 2.00 bits per heavy atom. The molecule has 1 N–H and O–H groups in total. The van der Waals surface area contributed by atoms with Crippen molar-refractivity contribution in [2.45, 2.75) is 19.6 Å². The first kappa shape index (κ1) is 20.6. The fourth-order valence-electron chi connectivity index (χ4n) is 3.38. The number of pyridine rings is 1. The van der Waals surface area contributed by atoms with Crippen molar-refractivity contribution < 1.29 is 18.9 Å². The molecule has 160 valence electrons. The van der Waals surface area contributed by atoms with E-state index >= 15 is 0 Å². The van der Waals surface area contributed by atoms with Crippen molar-refractivity contribution in [3.8, 4) is 5.88 Å². The third-order valence-electron chi connectivity index (χ3n) is 4.89. The Morgan fingerprint density at radius 1 is 1.17 bits per heavy atom. The fraction of sp³-hybridized carbons (Fsp3) is 0.455. The van der Waals surface area contributed by atoms with Crippen LogP contribution in [0, 0.1) is 6.92 Å². The number of aromatic nitrogens is 1. The van der Waals surface area contributed by atoms with Crippen LogP contribution in [-0.2, 0) is 14.2 Å². The lowest BCUT2D eigenvalue weighted by Gasteiger charge is -2.29. The van der Waals surface area contributed by atoms with Crippen molar-refractivity contribution in [3.05, 3.63) is 47.5 Å². The number of morpholine rings is 1. The first-order valence-electron chi connectivity index (χ1n) is 10.3. The number of hydrazone groups is 1. The van der Waals surface area contributed by atoms with Gasteiger partial charge in [-0.25, -0.2) is 0 Å². The molecule has 1 aromatic carbocycles. The molecule has 0 amide bonds. The number of hydrogen-bond donors (Lipinski definition) is 1. The Morgan fingerprint density at radius 3 is 2.80 bits per heavy atom. The number of nitrogens with zero attached hydrogens (tertiary/aromatic N) is 3. The summed E-state index contributed by atoms with van der Waals surface area (Å²) in [5, 5.41) is 4.35. The van der Waals surface area contributed by atoms with E-state index in [-0.39, 0.29) is 6.29 Å². The van der Waals surface area contributed by atoms with E-state index in [0.29, 0.717) is 51.2 Å². The lowest BCUT2D eigenvalue weighted by Crippen LogP contribution is -2.36. The van der Waals surface area contributed by atoms with Crippen molar-refractivity contribution in [2.24, 2.45) is 5.10 Å². The van der Waals surface area contributed by atoms with E-state index in [1.54, 1.807) is 6.21 Å². The highest BCUT2D eigenvalue weighted by Crippen LogP contribution is 2.25. The Labute approximate surface area is 176 Å². The summed E-state index contributed by atoms with van der Waals surface area (Å²) in [6, 6.07) is 12.1. The minimum Gasteiger partial charge on any atom is -0.477 e. The highest BCUT2D eigenvalue weighted by Gasteiger charge is 2.17. The highest BCUT2D eigenvalue weighted by molar-refractivity contribution is 5.80. The van der Waals surface area contributed by atoms with Crippen LogP contribution >= 0.6 is 0 Å². The lowest BCUT2D eigenvalue weighted by molar-refractivity contribution is -0.0533. The summed E-state index contributed by atoms with van der Waals surface area (Å²) in [6.07, 6.45) is 2.26. The zero-order chi connectivity index (χ0) is 20.6. The third kappa shape index (κ3) is 5.91. The van der Waals surface area contributed by atoms with Crippen LogP contribution in [0.15, 0.2) is 41.5 Å². The number of rotatable bonds is 8. The van der Waals surface area contributed by atoms with Crippen LogP contribution in [0.25, 0.3) is 0 Å². The summed E-state index contributed by atoms with van der Waals surface area (Å²) in [4.78, 5) is 6.82. The van der Waals surface area contributed by atoms with Gasteiger partial charge in [0.2, 0.25) is 5.88 Å². The summed E-state index contributed by atoms with van der Waals surface area (Å²) < 4.78 is 22.3. The smallest absolute Gasteiger partial charge is 0.217 e. The van der Waals surface area contributed by atoms with E-state index < -0.39 is 0 Å². The van der Waals surface area contributed by atoms with Crippen LogP contribution in [0.1, 0.15) is 17.5 Å². The number of aryl methyl sites for hydroxylation is 1. The van der Waals surface area contributed by atoms with Gasteiger partial charge in [0, 0.05) is 37.3 Å². The maximum Gasteiger partial charge on any atom is 0.217 e. The monoisotopic (exact) mass is 412 g/mol. The van der Waals surface area contributed by atoms with Crippen LogP contribution in [0.5, 0.6) is 5.88 Å². The maximum atomic E-state index is 5.90.